The number of benzene rings is 2. The SMILES string of the molecule is COCCN1CCN(Cc2cnc3sc(-c4ccccc4NC(=O)c4cccc(-c5ncccn5)c4)nc3c2)CC1. The van der Waals surface area contributed by atoms with E-state index in [1.807, 2.05) is 42.6 Å². The van der Waals surface area contributed by atoms with Crippen molar-refractivity contribution < 1.29 is 9.53 Å². The number of nitrogens with one attached hydrogen (secondary N) is 1. The third kappa shape index (κ3) is 6.47. The van der Waals surface area contributed by atoms with Crippen molar-refractivity contribution in [3.63, 3.8) is 0 Å². The van der Waals surface area contributed by atoms with Crippen LogP contribution < -0.4 is 5.32 Å². The van der Waals surface area contributed by atoms with E-state index < -0.39 is 0 Å². The number of piperazine rings is 1. The van der Waals surface area contributed by atoms with Crippen LogP contribution in [0.2, 0.25) is 0 Å². The number of rotatable bonds is 9. The number of anilines is 1. The summed E-state index contributed by atoms with van der Waals surface area (Å²) in [6.07, 6.45) is 5.33. The first-order valence-corrected chi connectivity index (χ1v) is 14.5. The normalized spacial score (nSPS) is 14.4. The van der Waals surface area contributed by atoms with Gasteiger partial charge in [-0.1, -0.05) is 35.6 Å². The maximum Gasteiger partial charge on any atom is 0.255 e. The monoisotopic (exact) mass is 565 g/mol. The minimum atomic E-state index is -0.209. The van der Waals surface area contributed by atoms with Crippen molar-refractivity contribution in [1.29, 1.82) is 0 Å². The van der Waals surface area contributed by atoms with Crippen LogP contribution in [-0.4, -0.2) is 82.1 Å². The maximum atomic E-state index is 13.3. The summed E-state index contributed by atoms with van der Waals surface area (Å²) < 4.78 is 5.21. The van der Waals surface area contributed by atoms with Gasteiger partial charge in [0.1, 0.15) is 15.4 Å². The van der Waals surface area contributed by atoms with Gasteiger partial charge in [0.25, 0.3) is 5.91 Å². The lowest BCUT2D eigenvalue weighted by atomic mass is 10.1. The standard InChI is InChI=1S/C31H31N7O2S/c1-40-17-16-37-12-14-38(15-13-37)21-22-18-27-31(34-20-22)41-30(36-27)25-8-2-3-9-26(25)35-29(39)24-7-4-6-23(19-24)28-32-10-5-11-33-28/h2-11,18-20H,12-17,21H2,1H3,(H,35,39). The summed E-state index contributed by atoms with van der Waals surface area (Å²) in [5.74, 6) is 0.368. The molecular formula is C31H31N7O2S. The summed E-state index contributed by atoms with van der Waals surface area (Å²) >= 11 is 1.53. The molecule has 3 aromatic heterocycles. The van der Waals surface area contributed by atoms with Crippen LogP contribution in [0.4, 0.5) is 5.69 Å². The Morgan fingerprint density at radius 3 is 2.59 bits per heavy atom. The van der Waals surface area contributed by atoms with Crippen LogP contribution in [0, 0.1) is 0 Å². The highest BCUT2D eigenvalue weighted by atomic mass is 32.1. The molecule has 1 fully saturated rings. The Labute approximate surface area is 242 Å². The van der Waals surface area contributed by atoms with Crippen LogP contribution in [0.25, 0.3) is 32.3 Å². The summed E-state index contributed by atoms with van der Waals surface area (Å²) in [4.78, 5) is 37.3. The highest BCUT2D eigenvalue weighted by Gasteiger charge is 2.18. The molecule has 1 aliphatic heterocycles. The molecule has 0 radical (unpaired) electrons. The van der Waals surface area contributed by atoms with Gasteiger partial charge in [-0.15, -0.1) is 0 Å². The Morgan fingerprint density at radius 1 is 0.951 bits per heavy atom. The van der Waals surface area contributed by atoms with Crippen LogP contribution >= 0.6 is 11.3 Å². The second-order valence-electron chi connectivity index (χ2n) is 9.95. The fourth-order valence-corrected chi connectivity index (χ4v) is 5.87. The molecule has 208 valence electrons. The third-order valence-electron chi connectivity index (χ3n) is 7.14. The van der Waals surface area contributed by atoms with Gasteiger partial charge in [0.05, 0.1) is 12.3 Å². The van der Waals surface area contributed by atoms with Gasteiger partial charge in [-0.25, -0.2) is 19.9 Å². The van der Waals surface area contributed by atoms with E-state index in [-0.39, 0.29) is 5.91 Å². The Hall–Kier alpha value is -4.09. The van der Waals surface area contributed by atoms with E-state index in [0.29, 0.717) is 17.1 Å². The van der Waals surface area contributed by atoms with Crippen LogP contribution in [0.5, 0.6) is 0 Å². The van der Waals surface area contributed by atoms with Crippen molar-refractivity contribution in [2.75, 3.05) is 51.8 Å². The number of thiazole rings is 1. The number of pyridine rings is 1. The molecule has 1 saturated heterocycles. The molecule has 5 aromatic rings. The smallest absolute Gasteiger partial charge is 0.255 e. The number of carbonyl (C=O) groups is 1. The van der Waals surface area contributed by atoms with Gasteiger partial charge in [0, 0.05) is 81.7 Å². The fraction of sp³-hybridized carbons (Fsp3) is 0.258. The molecular weight excluding hydrogens is 534 g/mol. The topological polar surface area (TPSA) is 96.4 Å². The van der Waals surface area contributed by atoms with Gasteiger partial charge in [0.15, 0.2) is 5.82 Å². The number of hydrogen-bond acceptors (Lipinski definition) is 9. The van der Waals surface area contributed by atoms with Gasteiger partial charge >= 0.3 is 0 Å². The molecule has 0 bridgehead atoms. The number of ether oxygens (including phenoxy) is 1. The maximum absolute atomic E-state index is 13.3. The van der Waals surface area contributed by atoms with Crippen LogP contribution in [0.1, 0.15) is 15.9 Å². The van der Waals surface area contributed by atoms with E-state index in [1.165, 1.54) is 11.3 Å². The third-order valence-corrected chi connectivity index (χ3v) is 8.15. The molecule has 6 rings (SSSR count). The zero-order valence-corrected chi connectivity index (χ0v) is 23.7. The van der Waals surface area contributed by atoms with Crippen molar-refractivity contribution >= 4 is 33.3 Å². The number of fused-ring (bicyclic) bond motifs is 1. The molecule has 41 heavy (non-hydrogen) atoms. The zero-order chi connectivity index (χ0) is 28.0. The van der Waals surface area contributed by atoms with E-state index >= 15 is 0 Å². The molecule has 0 aliphatic carbocycles. The van der Waals surface area contributed by atoms with Gasteiger partial charge < -0.3 is 10.1 Å². The number of methoxy groups -OCH3 is 1. The van der Waals surface area contributed by atoms with E-state index in [0.717, 1.165) is 77.9 Å². The average molecular weight is 566 g/mol. The second kappa shape index (κ2) is 12.6. The van der Waals surface area contributed by atoms with Crippen LogP contribution in [-0.2, 0) is 11.3 Å². The van der Waals surface area contributed by atoms with Gasteiger partial charge in [-0.2, -0.15) is 0 Å². The van der Waals surface area contributed by atoms with Crippen molar-refractivity contribution in [3.05, 3.63) is 90.4 Å². The first-order valence-electron chi connectivity index (χ1n) is 13.6. The number of carbonyl (C=O) groups excluding carboxylic acids is 1. The lowest BCUT2D eigenvalue weighted by molar-refractivity contribution is 0.0938. The molecule has 0 atom stereocenters. The Balaban J connectivity index is 1.17. The number of para-hydroxylation sites is 1. The van der Waals surface area contributed by atoms with Gasteiger partial charge in [-0.3, -0.25) is 14.6 Å². The highest BCUT2D eigenvalue weighted by molar-refractivity contribution is 7.21. The lowest BCUT2D eigenvalue weighted by Crippen LogP contribution is -2.46. The van der Waals surface area contributed by atoms with E-state index in [2.05, 4.69) is 31.2 Å². The van der Waals surface area contributed by atoms with Crippen molar-refractivity contribution in [2.24, 2.45) is 0 Å². The van der Waals surface area contributed by atoms with Gasteiger partial charge in [-0.05, 0) is 42.0 Å². The number of nitrogens with zero attached hydrogens (tertiary/aromatic N) is 6. The molecule has 1 amide bonds. The van der Waals surface area contributed by atoms with Crippen LogP contribution in [0.15, 0.2) is 79.3 Å². The van der Waals surface area contributed by atoms with Crippen molar-refractivity contribution in [1.82, 2.24) is 29.7 Å². The summed E-state index contributed by atoms with van der Waals surface area (Å²) in [5, 5.41) is 3.90. The minimum Gasteiger partial charge on any atom is -0.383 e. The zero-order valence-electron chi connectivity index (χ0n) is 22.9. The molecule has 0 saturated carbocycles. The molecule has 9 nitrogen and oxygen atoms in total. The predicted octanol–water partition coefficient (Wildman–Crippen LogP) is 4.83. The first kappa shape index (κ1) is 27.1. The quantitative estimate of drug-likeness (QED) is 0.272. The molecule has 0 unspecified atom stereocenters. The summed E-state index contributed by atoms with van der Waals surface area (Å²) in [5.41, 5.74) is 4.90. The number of aromatic nitrogens is 4. The Bertz CT molecular complexity index is 1630. The van der Waals surface area contributed by atoms with Gasteiger partial charge in [0.2, 0.25) is 0 Å². The lowest BCUT2D eigenvalue weighted by Gasteiger charge is -2.34. The molecule has 0 spiro atoms. The molecule has 2 aromatic carbocycles. The summed E-state index contributed by atoms with van der Waals surface area (Å²) in [6.45, 7) is 6.76. The average Bonchev–Trinajstić information content (AvgIpc) is 3.45. The van der Waals surface area contributed by atoms with Crippen molar-refractivity contribution in [3.8, 4) is 22.0 Å². The van der Waals surface area contributed by atoms with E-state index in [1.54, 1.807) is 37.7 Å². The molecule has 4 heterocycles. The largest absolute Gasteiger partial charge is 0.383 e. The summed E-state index contributed by atoms with van der Waals surface area (Å²) in [6, 6.07) is 19.0. The van der Waals surface area contributed by atoms with E-state index in [4.69, 9.17) is 14.7 Å². The molecule has 1 N–H and O–H groups in total. The number of amides is 1. The Kier molecular flexibility index (Phi) is 8.33. The van der Waals surface area contributed by atoms with E-state index in [9.17, 15) is 4.79 Å². The number of hydrogen-bond donors (Lipinski definition) is 1. The predicted molar refractivity (Wildman–Crippen MR) is 162 cm³/mol. The molecule has 1 aliphatic rings. The van der Waals surface area contributed by atoms with Crippen LogP contribution in [0.3, 0.4) is 0 Å². The second-order valence-corrected chi connectivity index (χ2v) is 10.9. The fourth-order valence-electron chi connectivity index (χ4n) is 4.94. The molecule has 10 heteroatoms. The minimum absolute atomic E-state index is 0.209. The first-order chi connectivity index (χ1) is 20.2. The highest BCUT2D eigenvalue weighted by Crippen LogP contribution is 2.34. The Morgan fingerprint density at radius 2 is 1.76 bits per heavy atom. The van der Waals surface area contributed by atoms with Crippen molar-refractivity contribution in [2.45, 2.75) is 6.54 Å². The summed E-state index contributed by atoms with van der Waals surface area (Å²) in [7, 11) is 1.75.